The minimum absolute atomic E-state index is 0.329. The van der Waals surface area contributed by atoms with Crippen molar-refractivity contribution in [3.05, 3.63) is 23.9 Å². The first-order chi connectivity index (χ1) is 7.13. The number of nitrogens with zero attached hydrogens (tertiary/aromatic N) is 2. The molecule has 0 bridgehead atoms. The summed E-state index contributed by atoms with van der Waals surface area (Å²) in [6.07, 6.45) is 1.88. The number of aromatic nitrogens is 1. The highest BCUT2D eigenvalue weighted by molar-refractivity contribution is 9.09. The maximum absolute atomic E-state index is 5.07. The van der Waals surface area contributed by atoms with Crippen LogP contribution < -0.4 is 4.90 Å². The lowest BCUT2D eigenvalue weighted by atomic mass is 10.3. The number of aryl methyl sites for hydroxylation is 1. The minimum atomic E-state index is 0.329. The summed E-state index contributed by atoms with van der Waals surface area (Å²) >= 11 is 3.56. The summed E-state index contributed by atoms with van der Waals surface area (Å²) in [5, 5.41) is 0. The van der Waals surface area contributed by atoms with Crippen LogP contribution in [-0.4, -0.2) is 37.1 Å². The van der Waals surface area contributed by atoms with E-state index in [1.54, 1.807) is 7.11 Å². The number of pyridine rings is 1. The Kier molecular flexibility index (Phi) is 5.05. The van der Waals surface area contributed by atoms with Crippen LogP contribution in [0.4, 0.5) is 5.82 Å². The zero-order valence-corrected chi connectivity index (χ0v) is 11.0. The van der Waals surface area contributed by atoms with Crippen molar-refractivity contribution >= 4 is 21.7 Å². The molecular formula is C11H17BrN2O. The molecule has 3 nitrogen and oxygen atoms in total. The fraction of sp³-hybridized carbons (Fsp3) is 0.545. The lowest BCUT2D eigenvalue weighted by Gasteiger charge is -2.21. The van der Waals surface area contributed by atoms with Gasteiger partial charge in [0, 0.05) is 26.9 Å². The van der Waals surface area contributed by atoms with Crippen molar-refractivity contribution in [1.29, 1.82) is 0 Å². The maximum atomic E-state index is 5.07. The van der Waals surface area contributed by atoms with Gasteiger partial charge in [-0.3, -0.25) is 0 Å². The van der Waals surface area contributed by atoms with E-state index in [2.05, 4.69) is 31.9 Å². The molecule has 0 aliphatic carbocycles. The van der Waals surface area contributed by atoms with Crippen LogP contribution in [0.25, 0.3) is 0 Å². The molecule has 1 aromatic rings. The first kappa shape index (κ1) is 12.5. The van der Waals surface area contributed by atoms with Crippen molar-refractivity contribution < 1.29 is 4.74 Å². The predicted molar refractivity (Wildman–Crippen MR) is 66.8 cm³/mol. The van der Waals surface area contributed by atoms with Gasteiger partial charge in [0.05, 0.1) is 11.4 Å². The summed E-state index contributed by atoms with van der Waals surface area (Å²) in [6.45, 7) is 3.62. The molecule has 0 aliphatic heterocycles. The van der Waals surface area contributed by atoms with E-state index >= 15 is 0 Å². The van der Waals surface area contributed by atoms with Crippen LogP contribution >= 0.6 is 15.9 Å². The number of hydrogen-bond acceptors (Lipinski definition) is 3. The van der Waals surface area contributed by atoms with Crippen LogP contribution in [0.15, 0.2) is 18.3 Å². The lowest BCUT2D eigenvalue weighted by Crippen LogP contribution is -2.28. The molecule has 4 heteroatoms. The topological polar surface area (TPSA) is 25.4 Å². The lowest BCUT2D eigenvalue weighted by molar-refractivity contribution is 0.201. The molecule has 1 aromatic heterocycles. The molecule has 1 heterocycles. The average molecular weight is 273 g/mol. The Morgan fingerprint density at radius 2 is 2.27 bits per heavy atom. The molecule has 0 radical (unpaired) electrons. The first-order valence-corrected chi connectivity index (χ1v) is 5.82. The quantitative estimate of drug-likeness (QED) is 0.769. The number of halogens is 1. The van der Waals surface area contributed by atoms with Gasteiger partial charge in [-0.25, -0.2) is 4.98 Å². The number of methoxy groups -OCH3 is 1. The number of hydrogen-bond donors (Lipinski definition) is 0. The van der Waals surface area contributed by atoms with Crippen LogP contribution in [0.2, 0.25) is 0 Å². The fourth-order valence-electron chi connectivity index (χ4n) is 1.31. The zero-order chi connectivity index (χ0) is 11.3. The van der Waals surface area contributed by atoms with Gasteiger partial charge in [0.15, 0.2) is 0 Å². The van der Waals surface area contributed by atoms with Crippen LogP contribution in [0, 0.1) is 6.92 Å². The van der Waals surface area contributed by atoms with Crippen LogP contribution in [0.3, 0.4) is 0 Å². The SMILES string of the molecule is COCC(Br)CN(C)c1ccc(C)cn1. The second-order valence-corrected chi connectivity index (χ2v) is 4.92. The van der Waals surface area contributed by atoms with Crippen molar-refractivity contribution in [1.82, 2.24) is 4.98 Å². The molecule has 84 valence electrons. The van der Waals surface area contributed by atoms with E-state index in [1.807, 2.05) is 26.2 Å². The monoisotopic (exact) mass is 272 g/mol. The molecule has 15 heavy (non-hydrogen) atoms. The Bertz CT molecular complexity index is 289. The van der Waals surface area contributed by atoms with Gasteiger partial charge < -0.3 is 9.64 Å². The smallest absolute Gasteiger partial charge is 0.128 e. The third-order valence-corrected chi connectivity index (χ3v) is 2.66. The number of ether oxygens (including phenoxy) is 1. The van der Waals surface area contributed by atoms with Crippen molar-refractivity contribution in [3.63, 3.8) is 0 Å². The number of anilines is 1. The highest BCUT2D eigenvalue weighted by atomic mass is 79.9. The van der Waals surface area contributed by atoms with Gasteiger partial charge in [-0.15, -0.1) is 0 Å². The molecule has 0 N–H and O–H groups in total. The van der Waals surface area contributed by atoms with Crippen molar-refractivity contribution in [2.75, 3.05) is 32.2 Å². The van der Waals surface area contributed by atoms with E-state index in [0.29, 0.717) is 11.4 Å². The minimum Gasteiger partial charge on any atom is -0.383 e. The Morgan fingerprint density at radius 3 is 2.80 bits per heavy atom. The maximum Gasteiger partial charge on any atom is 0.128 e. The molecular weight excluding hydrogens is 256 g/mol. The first-order valence-electron chi connectivity index (χ1n) is 4.90. The van der Waals surface area contributed by atoms with Gasteiger partial charge in [0.25, 0.3) is 0 Å². The van der Waals surface area contributed by atoms with Crippen molar-refractivity contribution in [2.24, 2.45) is 0 Å². The molecule has 0 aliphatic rings. The van der Waals surface area contributed by atoms with E-state index in [4.69, 9.17) is 4.74 Å². The van der Waals surface area contributed by atoms with Crippen LogP contribution in [0.5, 0.6) is 0 Å². The van der Waals surface area contributed by atoms with Gasteiger partial charge in [-0.1, -0.05) is 22.0 Å². The summed E-state index contributed by atoms with van der Waals surface area (Å²) in [4.78, 5) is 6.79. The van der Waals surface area contributed by atoms with Gasteiger partial charge >= 0.3 is 0 Å². The molecule has 1 atom stereocenters. The molecule has 0 saturated carbocycles. The number of rotatable bonds is 5. The Labute approximate surface area is 99.6 Å². The van der Waals surface area contributed by atoms with Crippen LogP contribution in [0.1, 0.15) is 5.56 Å². The standard InChI is InChI=1S/C11H17BrN2O/c1-9-4-5-11(13-6-9)14(2)7-10(12)8-15-3/h4-6,10H,7-8H2,1-3H3. The van der Waals surface area contributed by atoms with E-state index in [-0.39, 0.29) is 0 Å². The molecule has 0 saturated heterocycles. The van der Waals surface area contributed by atoms with Crippen molar-refractivity contribution in [3.8, 4) is 0 Å². The Morgan fingerprint density at radius 1 is 1.53 bits per heavy atom. The molecule has 0 amide bonds. The molecule has 0 spiro atoms. The van der Waals surface area contributed by atoms with Gasteiger partial charge in [0.1, 0.15) is 5.82 Å². The van der Waals surface area contributed by atoms with E-state index in [1.165, 1.54) is 5.56 Å². The largest absolute Gasteiger partial charge is 0.383 e. The summed E-state index contributed by atoms with van der Waals surface area (Å²) in [7, 11) is 3.74. The highest BCUT2D eigenvalue weighted by Crippen LogP contribution is 2.11. The van der Waals surface area contributed by atoms with Crippen LogP contribution in [-0.2, 0) is 4.74 Å². The Balaban J connectivity index is 2.53. The summed E-state index contributed by atoms with van der Waals surface area (Å²) in [5.74, 6) is 0.987. The molecule has 1 unspecified atom stereocenters. The van der Waals surface area contributed by atoms with Gasteiger partial charge in [-0.2, -0.15) is 0 Å². The van der Waals surface area contributed by atoms with E-state index in [9.17, 15) is 0 Å². The summed E-state index contributed by atoms with van der Waals surface area (Å²) in [5.41, 5.74) is 1.18. The summed E-state index contributed by atoms with van der Waals surface area (Å²) in [6, 6.07) is 4.10. The third kappa shape index (κ3) is 4.18. The normalized spacial score (nSPS) is 12.5. The van der Waals surface area contributed by atoms with E-state index < -0.39 is 0 Å². The number of alkyl halides is 1. The predicted octanol–water partition coefficient (Wildman–Crippen LogP) is 2.24. The van der Waals surface area contributed by atoms with Crippen molar-refractivity contribution in [2.45, 2.75) is 11.8 Å². The Hall–Kier alpha value is -0.610. The fourth-order valence-corrected chi connectivity index (χ4v) is 2.01. The zero-order valence-electron chi connectivity index (χ0n) is 9.40. The van der Waals surface area contributed by atoms with E-state index in [0.717, 1.165) is 12.4 Å². The van der Waals surface area contributed by atoms with Gasteiger partial charge in [-0.05, 0) is 18.6 Å². The summed E-state index contributed by atoms with van der Waals surface area (Å²) < 4.78 is 5.07. The molecule has 1 rings (SSSR count). The third-order valence-electron chi connectivity index (χ3n) is 2.11. The van der Waals surface area contributed by atoms with Gasteiger partial charge in [0.2, 0.25) is 0 Å². The second-order valence-electron chi connectivity index (χ2n) is 3.63. The highest BCUT2D eigenvalue weighted by Gasteiger charge is 2.08. The molecule has 0 aromatic carbocycles. The second kappa shape index (κ2) is 6.08. The molecule has 0 fully saturated rings. The average Bonchev–Trinajstić information content (AvgIpc) is 2.18.